The van der Waals surface area contributed by atoms with Crippen LogP contribution in [0.4, 0.5) is 0 Å². The van der Waals surface area contributed by atoms with Gasteiger partial charge in [-0.25, -0.2) is 0 Å². The minimum atomic E-state index is -0.686. The molecule has 0 fully saturated rings. The molecule has 6 heteroatoms. The van der Waals surface area contributed by atoms with Gasteiger partial charge in [-0.1, -0.05) is 91.9 Å². The molecule has 0 radical (unpaired) electrons. The van der Waals surface area contributed by atoms with Crippen molar-refractivity contribution in [3.63, 3.8) is 0 Å². The number of unbranched alkanes of at least 4 members (excludes halogenated alkanes) is 3. The largest absolute Gasteiger partial charge is 0.465 e. The molecule has 0 aliphatic carbocycles. The van der Waals surface area contributed by atoms with Crippen LogP contribution in [0.1, 0.15) is 112 Å². The minimum Gasteiger partial charge on any atom is -0.465 e. The minimum absolute atomic E-state index is 0.0708. The van der Waals surface area contributed by atoms with Gasteiger partial charge in [0.05, 0.1) is 12.9 Å². The SMILES string of the molecule is CCCCC/C=C/C/C=C/C/C=C/C/C=C/CCC(=O)OCC/C(=C/OC(C)=O)C(C/C=C(\C)C#CC=C(C)C)OC(C)=O. The maximum Gasteiger partial charge on any atom is 0.307 e. The van der Waals surface area contributed by atoms with Crippen LogP contribution in [-0.2, 0) is 28.6 Å². The van der Waals surface area contributed by atoms with Gasteiger partial charge >= 0.3 is 17.9 Å². The van der Waals surface area contributed by atoms with Crippen molar-refractivity contribution in [2.24, 2.45) is 0 Å². The van der Waals surface area contributed by atoms with Gasteiger partial charge in [0.2, 0.25) is 0 Å². The van der Waals surface area contributed by atoms with Crippen molar-refractivity contribution in [3.05, 3.63) is 83.7 Å². The average molecular weight is 607 g/mol. The Balaban J connectivity index is 4.65. The van der Waals surface area contributed by atoms with Gasteiger partial charge in [0.1, 0.15) is 6.10 Å². The zero-order valence-electron chi connectivity index (χ0n) is 27.9. The van der Waals surface area contributed by atoms with E-state index in [4.69, 9.17) is 14.2 Å². The van der Waals surface area contributed by atoms with Gasteiger partial charge in [-0.15, -0.1) is 0 Å². The van der Waals surface area contributed by atoms with Crippen molar-refractivity contribution in [1.82, 2.24) is 0 Å². The van der Waals surface area contributed by atoms with Gasteiger partial charge in [-0.2, -0.15) is 0 Å². The summed E-state index contributed by atoms with van der Waals surface area (Å²) in [5.74, 6) is 4.71. The Morgan fingerprint density at radius 3 is 1.93 bits per heavy atom. The summed E-state index contributed by atoms with van der Waals surface area (Å²) >= 11 is 0. The number of hydrogen-bond acceptors (Lipinski definition) is 6. The van der Waals surface area contributed by atoms with E-state index in [9.17, 15) is 14.4 Å². The Morgan fingerprint density at radius 2 is 1.36 bits per heavy atom. The molecule has 1 unspecified atom stereocenters. The van der Waals surface area contributed by atoms with Crippen LogP contribution in [0.15, 0.2) is 83.7 Å². The van der Waals surface area contributed by atoms with E-state index in [0.29, 0.717) is 18.4 Å². The molecule has 0 N–H and O–H groups in total. The molecule has 0 rings (SSSR count). The van der Waals surface area contributed by atoms with Gasteiger partial charge < -0.3 is 14.2 Å². The van der Waals surface area contributed by atoms with E-state index in [1.54, 1.807) is 0 Å². The molecule has 0 heterocycles. The first-order chi connectivity index (χ1) is 21.1. The zero-order chi connectivity index (χ0) is 32.8. The van der Waals surface area contributed by atoms with Gasteiger partial charge in [0, 0.05) is 38.7 Å². The summed E-state index contributed by atoms with van der Waals surface area (Å²) < 4.78 is 16.0. The van der Waals surface area contributed by atoms with Crippen LogP contribution in [-0.4, -0.2) is 30.6 Å². The Hall–Kier alpha value is -3.85. The fraction of sp³-hybridized carbons (Fsp3) is 0.500. The Kier molecular flexibility index (Phi) is 25.5. The highest BCUT2D eigenvalue weighted by Crippen LogP contribution is 2.18. The normalized spacial score (nSPS) is 12.9. The third kappa shape index (κ3) is 27.0. The van der Waals surface area contributed by atoms with Crippen molar-refractivity contribution in [2.45, 2.75) is 118 Å². The summed E-state index contributed by atoms with van der Waals surface area (Å²) in [6.07, 6.45) is 30.6. The van der Waals surface area contributed by atoms with Crippen molar-refractivity contribution in [3.8, 4) is 11.8 Å². The topological polar surface area (TPSA) is 78.9 Å². The van der Waals surface area contributed by atoms with Crippen LogP contribution in [0.2, 0.25) is 0 Å². The highest BCUT2D eigenvalue weighted by atomic mass is 16.6. The predicted octanol–water partition coefficient (Wildman–Crippen LogP) is 9.36. The first-order valence-electron chi connectivity index (χ1n) is 15.8. The van der Waals surface area contributed by atoms with Gasteiger partial charge in [0.15, 0.2) is 0 Å². The lowest BCUT2D eigenvalue weighted by atomic mass is 10.0. The van der Waals surface area contributed by atoms with E-state index in [-0.39, 0.29) is 25.4 Å². The second-order valence-electron chi connectivity index (χ2n) is 10.6. The van der Waals surface area contributed by atoms with Crippen molar-refractivity contribution >= 4 is 17.9 Å². The highest BCUT2D eigenvalue weighted by molar-refractivity contribution is 5.69. The quantitative estimate of drug-likeness (QED) is 0.0323. The second kappa shape index (κ2) is 28.0. The standard InChI is InChI=1S/C38H54O6/c1-7-8-9-10-11-12-13-14-15-16-17-18-19-20-21-22-26-38(41)42-30-29-36(31-43-34(5)39)37(44-35(6)40)28-27-33(4)25-23-24-32(2)3/h11-12,14-15,17-18,20-21,24,27,31,37H,7-10,13,16,19,22,26,28-30H2,1-6H3/b12-11+,15-14+,18-17+,21-20+,33-27+,36-31-. The van der Waals surface area contributed by atoms with Crippen LogP contribution in [0.25, 0.3) is 0 Å². The van der Waals surface area contributed by atoms with Crippen molar-refractivity contribution in [2.75, 3.05) is 6.61 Å². The number of esters is 3. The van der Waals surface area contributed by atoms with Crippen molar-refractivity contribution in [1.29, 1.82) is 0 Å². The van der Waals surface area contributed by atoms with Crippen LogP contribution in [0.5, 0.6) is 0 Å². The lowest BCUT2D eigenvalue weighted by Crippen LogP contribution is -2.20. The van der Waals surface area contributed by atoms with Crippen LogP contribution in [0, 0.1) is 11.8 Å². The molecule has 0 spiro atoms. The Morgan fingerprint density at radius 1 is 0.750 bits per heavy atom. The predicted molar refractivity (Wildman–Crippen MR) is 180 cm³/mol. The number of rotatable bonds is 21. The van der Waals surface area contributed by atoms with Crippen LogP contribution in [0.3, 0.4) is 0 Å². The summed E-state index contributed by atoms with van der Waals surface area (Å²) in [7, 11) is 0. The number of allylic oxidation sites excluding steroid dienone is 11. The lowest BCUT2D eigenvalue weighted by molar-refractivity contribution is -0.146. The van der Waals surface area contributed by atoms with Crippen LogP contribution >= 0.6 is 0 Å². The third-order valence-electron chi connectivity index (χ3n) is 5.99. The maximum atomic E-state index is 12.2. The number of hydrogen-bond donors (Lipinski definition) is 0. The molecule has 0 saturated heterocycles. The Bertz CT molecular complexity index is 1110. The molecule has 0 aromatic rings. The number of carbonyl (C=O) groups excluding carboxylic acids is 3. The first kappa shape index (κ1) is 40.1. The van der Waals surface area contributed by atoms with E-state index < -0.39 is 18.0 Å². The molecular formula is C38H54O6. The summed E-state index contributed by atoms with van der Waals surface area (Å²) in [5, 5.41) is 0. The molecule has 0 aromatic heterocycles. The van der Waals surface area contributed by atoms with E-state index >= 15 is 0 Å². The van der Waals surface area contributed by atoms with E-state index in [0.717, 1.165) is 30.4 Å². The monoisotopic (exact) mass is 606 g/mol. The third-order valence-corrected chi connectivity index (χ3v) is 5.99. The molecule has 1 atom stereocenters. The maximum absolute atomic E-state index is 12.2. The molecule has 0 aromatic carbocycles. The highest BCUT2D eigenvalue weighted by Gasteiger charge is 2.18. The summed E-state index contributed by atoms with van der Waals surface area (Å²) in [5.41, 5.74) is 2.45. The van der Waals surface area contributed by atoms with E-state index in [1.807, 2.05) is 45.1 Å². The molecule has 0 aliphatic heterocycles. The van der Waals surface area contributed by atoms with Crippen molar-refractivity contribution < 1.29 is 28.6 Å². The zero-order valence-corrected chi connectivity index (χ0v) is 27.9. The smallest absolute Gasteiger partial charge is 0.307 e. The van der Waals surface area contributed by atoms with Crippen LogP contribution < -0.4 is 0 Å². The molecular weight excluding hydrogens is 552 g/mol. The number of ether oxygens (including phenoxy) is 3. The molecule has 44 heavy (non-hydrogen) atoms. The molecule has 242 valence electrons. The number of carbonyl (C=O) groups is 3. The average Bonchev–Trinajstić information content (AvgIpc) is 2.96. The first-order valence-corrected chi connectivity index (χ1v) is 15.8. The summed E-state index contributed by atoms with van der Waals surface area (Å²) in [6.45, 7) is 10.7. The van der Waals surface area contributed by atoms with Gasteiger partial charge in [0.25, 0.3) is 0 Å². The second-order valence-corrected chi connectivity index (χ2v) is 10.6. The fourth-order valence-corrected chi connectivity index (χ4v) is 3.68. The lowest BCUT2D eigenvalue weighted by Gasteiger charge is -2.19. The Labute approximate surface area is 266 Å². The van der Waals surface area contributed by atoms with E-state index in [2.05, 4.69) is 55.2 Å². The fourth-order valence-electron chi connectivity index (χ4n) is 3.68. The molecule has 0 aliphatic rings. The van der Waals surface area contributed by atoms with Gasteiger partial charge in [-0.3, -0.25) is 14.4 Å². The van der Waals surface area contributed by atoms with E-state index in [1.165, 1.54) is 45.8 Å². The summed E-state index contributed by atoms with van der Waals surface area (Å²) in [6, 6.07) is 0. The molecule has 6 nitrogen and oxygen atoms in total. The molecule has 0 saturated carbocycles. The molecule has 0 bridgehead atoms. The summed E-state index contributed by atoms with van der Waals surface area (Å²) in [4.78, 5) is 35.5. The molecule has 0 amide bonds. The van der Waals surface area contributed by atoms with Gasteiger partial charge in [-0.05, 0) is 70.9 Å².